The number of hydrogen-bond acceptors (Lipinski definition) is 2. The van der Waals surface area contributed by atoms with Gasteiger partial charge in [0.05, 0.1) is 7.11 Å². The van der Waals surface area contributed by atoms with Crippen molar-refractivity contribution in [2.45, 2.75) is 6.54 Å². The van der Waals surface area contributed by atoms with E-state index in [4.69, 9.17) is 4.74 Å². The number of thiol groups is 1. The Morgan fingerprint density at radius 2 is 1.89 bits per heavy atom. The average Bonchev–Trinajstić information content (AvgIpc) is 2.37. The predicted molar refractivity (Wildman–Crippen MR) is 76.3 cm³/mol. The molecule has 0 saturated heterocycles. The van der Waals surface area contributed by atoms with Gasteiger partial charge in [-0.1, -0.05) is 30.8 Å². The molecule has 2 aromatic carbocycles. The second-order valence-electron chi connectivity index (χ2n) is 4.19. The minimum absolute atomic E-state index is 0.232. The summed E-state index contributed by atoms with van der Waals surface area (Å²) >= 11 is 3.79. The van der Waals surface area contributed by atoms with E-state index in [-0.39, 0.29) is 5.24 Å². The highest BCUT2D eigenvalue weighted by atomic mass is 32.1. The van der Waals surface area contributed by atoms with Gasteiger partial charge in [0.1, 0.15) is 5.75 Å². The number of methoxy groups -OCH3 is 1. The number of carbonyl (C=O) groups is 1. The summed E-state index contributed by atoms with van der Waals surface area (Å²) in [6, 6.07) is 12.0. The smallest absolute Gasteiger partial charge is 0.278 e. The minimum atomic E-state index is -0.232. The number of hydrogen-bond donors (Lipinski definition) is 1. The molecule has 0 spiro atoms. The molecule has 0 aliphatic rings. The summed E-state index contributed by atoms with van der Waals surface area (Å²) < 4.78 is 5.19. The zero-order valence-electron chi connectivity index (χ0n) is 10.4. The molecule has 0 radical (unpaired) electrons. The van der Waals surface area contributed by atoms with Crippen molar-refractivity contribution < 1.29 is 9.53 Å². The average molecular weight is 261 g/mol. The van der Waals surface area contributed by atoms with Crippen LogP contribution < -0.4 is 4.74 Å². The molecular weight excluding hydrogens is 246 g/mol. The third-order valence-corrected chi connectivity index (χ3v) is 3.20. The molecule has 0 N–H and O–H groups in total. The van der Waals surface area contributed by atoms with Crippen LogP contribution in [-0.2, 0) is 6.54 Å². The first-order valence-corrected chi connectivity index (χ1v) is 6.05. The first-order chi connectivity index (χ1) is 8.60. The van der Waals surface area contributed by atoms with Crippen LogP contribution in [0.3, 0.4) is 0 Å². The van der Waals surface area contributed by atoms with Gasteiger partial charge in [0.2, 0.25) is 0 Å². The number of ether oxygens (including phenoxy) is 1. The fourth-order valence-corrected chi connectivity index (χ4v) is 1.91. The summed E-state index contributed by atoms with van der Waals surface area (Å²) in [6.07, 6.45) is 0. The molecule has 3 nitrogen and oxygen atoms in total. The van der Waals surface area contributed by atoms with Crippen LogP contribution in [0.1, 0.15) is 5.56 Å². The Balaban J connectivity index is 2.30. The van der Waals surface area contributed by atoms with Crippen molar-refractivity contribution in [3.05, 3.63) is 42.0 Å². The van der Waals surface area contributed by atoms with E-state index in [0.717, 1.165) is 22.1 Å². The van der Waals surface area contributed by atoms with E-state index < -0.39 is 0 Å². The van der Waals surface area contributed by atoms with Crippen LogP contribution in [0, 0.1) is 0 Å². The Labute approximate surface area is 112 Å². The van der Waals surface area contributed by atoms with Crippen molar-refractivity contribution in [2.24, 2.45) is 0 Å². The molecule has 94 valence electrons. The van der Waals surface area contributed by atoms with E-state index >= 15 is 0 Å². The normalized spacial score (nSPS) is 10.4. The summed E-state index contributed by atoms with van der Waals surface area (Å²) in [5.41, 5.74) is 1.08. The molecule has 0 atom stereocenters. The standard InChI is InChI=1S/C14H15NO2S/c1-15(14(16)18)9-10-3-4-12-8-13(17-2)6-5-11(12)7-10/h3-8H,9H2,1-2H3,(H,16,18). The summed E-state index contributed by atoms with van der Waals surface area (Å²) in [5.74, 6) is 0.845. The SMILES string of the molecule is COc1ccc2cc(CN(C)C(=O)S)ccc2c1. The molecule has 2 aromatic rings. The van der Waals surface area contributed by atoms with Crippen LogP contribution in [0.4, 0.5) is 4.79 Å². The lowest BCUT2D eigenvalue weighted by atomic mass is 10.1. The Hall–Kier alpha value is -1.68. The molecule has 0 saturated carbocycles. The van der Waals surface area contributed by atoms with Gasteiger partial charge in [-0.3, -0.25) is 4.79 Å². The second kappa shape index (κ2) is 5.31. The number of carbonyl (C=O) groups excluding carboxylic acids is 1. The van der Waals surface area contributed by atoms with Gasteiger partial charge in [-0.15, -0.1) is 0 Å². The van der Waals surface area contributed by atoms with Crippen molar-refractivity contribution in [1.29, 1.82) is 0 Å². The first kappa shape index (κ1) is 12.8. The fourth-order valence-electron chi connectivity index (χ4n) is 1.84. The van der Waals surface area contributed by atoms with E-state index in [0.29, 0.717) is 6.54 Å². The van der Waals surface area contributed by atoms with Crippen molar-refractivity contribution in [2.75, 3.05) is 14.2 Å². The molecule has 0 aliphatic carbocycles. The lowest BCUT2D eigenvalue weighted by Gasteiger charge is -2.14. The number of nitrogens with zero attached hydrogens (tertiary/aromatic N) is 1. The van der Waals surface area contributed by atoms with Crippen LogP contribution in [0.5, 0.6) is 5.75 Å². The molecule has 0 bridgehead atoms. The highest BCUT2D eigenvalue weighted by Gasteiger charge is 2.05. The lowest BCUT2D eigenvalue weighted by molar-refractivity contribution is 0.232. The van der Waals surface area contributed by atoms with Gasteiger partial charge >= 0.3 is 0 Å². The topological polar surface area (TPSA) is 29.5 Å². The second-order valence-corrected chi connectivity index (χ2v) is 4.57. The maximum Gasteiger partial charge on any atom is 0.278 e. The molecule has 0 aliphatic heterocycles. The third kappa shape index (κ3) is 2.76. The molecule has 18 heavy (non-hydrogen) atoms. The summed E-state index contributed by atoms with van der Waals surface area (Å²) in [5, 5.41) is 2.02. The van der Waals surface area contributed by atoms with Gasteiger partial charge < -0.3 is 9.64 Å². The van der Waals surface area contributed by atoms with Crippen molar-refractivity contribution in [3.63, 3.8) is 0 Å². The molecule has 1 amide bonds. The minimum Gasteiger partial charge on any atom is -0.497 e. The zero-order valence-corrected chi connectivity index (χ0v) is 11.3. The van der Waals surface area contributed by atoms with Crippen LogP contribution in [0.2, 0.25) is 0 Å². The zero-order chi connectivity index (χ0) is 13.1. The quantitative estimate of drug-likeness (QED) is 0.859. The van der Waals surface area contributed by atoms with Crippen molar-refractivity contribution in [1.82, 2.24) is 4.90 Å². The third-order valence-electron chi connectivity index (χ3n) is 2.86. The molecule has 0 heterocycles. The van der Waals surface area contributed by atoms with Crippen LogP contribution in [0.15, 0.2) is 36.4 Å². The van der Waals surface area contributed by atoms with Gasteiger partial charge in [0, 0.05) is 13.6 Å². The Bertz CT molecular complexity index is 583. The predicted octanol–water partition coefficient (Wildman–Crippen LogP) is 3.33. The number of amides is 1. The van der Waals surface area contributed by atoms with Crippen molar-refractivity contribution >= 4 is 28.6 Å². The maximum absolute atomic E-state index is 11.1. The first-order valence-electron chi connectivity index (χ1n) is 5.61. The maximum atomic E-state index is 11.1. The van der Waals surface area contributed by atoms with E-state index in [1.54, 1.807) is 19.1 Å². The van der Waals surface area contributed by atoms with Crippen LogP contribution in [0.25, 0.3) is 10.8 Å². The number of rotatable bonds is 3. The summed E-state index contributed by atoms with van der Waals surface area (Å²) in [7, 11) is 3.39. The van der Waals surface area contributed by atoms with Crippen LogP contribution in [-0.4, -0.2) is 24.3 Å². The molecule has 0 aromatic heterocycles. The Kier molecular flexibility index (Phi) is 3.77. The monoisotopic (exact) mass is 261 g/mol. The molecule has 4 heteroatoms. The van der Waals surface area contributed by atoms with Gasteiger partial charge in [0.15, 0.2) is 0 Å². The van der Waals surface area contributed by atoms with E-state index in [2.05, 4.69) is 18.7 Å². The molecule has 2 rings (SSSR count). The summed E-state index contributed by atoms with van der Waals surface area (Å²) in [6.45, 7) is 0.560. The lowest BCUT2D eigenvalue weighted by Crippen LogP contribution is -2.20. The van der Waals surface area contributed by atoms with Gasteiger partial charge in [-0.25, -0.2) is 0 Å². The highest BCUT2D eigenvalue weighted by molar-refractivity contribution is 7.96. The molecular formula is C14H15NO2S. The van der Waals surface area contributed by atoms with E-state index in [1.165, 1.54) is 0 Å². The largest absolute Gasteiger partial charge is 0.497 e. The highest BCUT2D eigenvalue weighted by Crippen LogP contribution is 2.22. The number of fused-ring (bicyclic) bond motifs is 1. The fraction of sp³-hybridized carbons (Fsp3) is 0.214. The molecule has 0 unspecified atom stereocenters. The Morgan fingerprint density at radius 3 is 2.56 bits per heavy atom. The number of benzene rings is 2. The Morgan fingerprint density at radius 1 is 1.22 bits per heavy atom. The van der Waals surface area contributed by atoms with Crippen LogP contribution >= 0.6 is 12.6 Å². The molecule has 0 fully saturated rings. The van der Waals surface area contributed by atoms with E-state index in [1.807, 2.05) is 30.3 Å². The summed E-state index contributed by atoms with van der Waals surface area (Å²) in [4.78, 5) is 12.6. The van der Waals surface area contributed by atoms with E-state index in [9.17, 15) is 4.79 Å². The van der Waals surface area contributed by atoms with Crippen molar-refractivity contribution in [3.8, 4) is 5.75 Å². The van der Waals surface area contributed by atoms with Gasteiger partial charge in [-0.2, -0.15) is 0 Å². The van der Waals surface area contributed by atoms with Gasteiger partial charge in [0.25, 0.3) is 5.24 Å². The van der Waals surface area contributed by atoms with Gasteiger partial charge in [-0.05, 0) is 34.5 Å².